The fourth-order valence-electron chi connectivity index (χ4n) is 3.31. The highest BCUT2D eigenvalue weighted by Gasteiger charge is 2.21. The van der Waals surface area contributed by atoms with E-state index in [0.717, 1.165) is 12.8 Å². The average Bonchev–Trinajstić information content (AvgIpc) is 3.35. The van der Waals surface area contributed by atoms with Crippen molar-refractivity contribution in [1.82, 2.24) is 29.5 Å². The lowest BCUT2D eigenvalue weighted by Crippen LogP contribution is -2.23. The van der Waals surface area contributed by atoms with Crippen LogP contribution in [0.15, 0.2) is 40.2 Å². The molecule has 0 saturated heterocycles. The van der Waals surface area contributed by atoms with Crippen LogP contribution in [0.3, 0.4) is 0 Å². The molecule has 164 valence electrons. The molecule has 11 nitrogen and oxygen atoms in total. The van der Waals surface area contributed by atoms with Gasteiger partial charge < -0.3 is 10.1 Å². The van der Waals surface area contributed by atoms with Crippen molar-refractivity contribution >= 4 is 21.6 Å². The summed E-state index contributed by atoms with van der Waals surface area (Å²) in [6.07, 6.45) is 6.23. The maximum atomic E-state index is 11.7. The Morgan fingerprint density at radius 1 is 1.28 bits per heavy atom. The number of fused-ring (bicyclic) bond motifs is 1. The van der Waals surface area contributed by atoms with Crippen LogP contribution in [-0.2, 0) is 15.6 Å². The highest BCUT2D eigenvalue weighted by molar-refractivity contribution is 7.89. The SMILES string of the molecule is CS(=O)(=O)Cc1cccc(-c2nc(=NC3CC3)n3ncc(=Cc4[nH]c(=O)[nH]c4O)c3n2)c1. The molecule has 3 aromatic heterocycles. The van der Waals surface area contributed by atoms with Gasteiger partial charge in [0, 0.05) is 17.0 Å². The first-order chi connectivity index (χ1) is 15.2. The van der Waals surface area contributed by atoms with E-state index in [0.29, 0.717) is 33.4 Å². The number of sulfone groups is 1. The molecule has 3 N–H and O–H groups in total. The molecule has 0 bridgehead atoms. The molecular formula is C20H19N7O4S. The number of aromatic amines is 2. The van der Waals surface area contributed by atoms with Gasteiger partial charge in [-0.05, 0) is 30.5 Å². The number of hydrogen-bond acceptors (Lipinski definition) is 8. The van der Waals surface area contributed by atoms with E-state index in [9.17, 15) is 18.3 Å². The highest BCUT2D eigenvalue weighted by atomic mass is 32.2. The van der Waals surface area contributed by atoms with Gasteiger partial charge in [0.1, 0.15) is 5.69 Å². The van der Waals surface area contributed by atoms with Crippen LogP contribution in [0, 0.1) is 0 Å². The summed E-state index contributed by atoms with van der Waals surface area (Å²) in [5, 5.41) is 14.8. The van der Waals surface area contributed by atoms with Gasteiger partial charge in [0.2, 0.25) is 11.5 Å². The van der Waals surface area contributed by atoms with Crippen molar-refractivity contribution in [2.75, 3.05) is 6.26 Å². The quantitative estimate of drug-likeness (QED) is 0.373. The summed E-state index contributed by atoms with van der Waals surface area (Å²) in [5.74, 6) is -0.0111. The zero-order valence-electron chi connectivity index (χ0n) is 17.0. The van der Waals surface area contributed by atoms with Crippen LogP contribution in [0.2, 0.25) is 0 Å². The minimum atomic E-state index is -3.20. The van der Waals surface area contributed by atoms with Crippen molar-refractivity contribution in [3.63, 3.8) is 0 Å². The third-order valence-electron chi connectivity index (χ3n) is 4.87. The smallest absolute Gasteiger partial charge is 0.326 e. The van der Waals surface area contributed by atoms with Crippen LogP contribution in [0.1, 0.15) is 24.1 Å². The van der Waals surface area contributed by atoms with Crippen LogP contribution in [-0.4, -0.2) is 55.4 Å². The Labute approximate surface area is 181 Å². The number of nitrogens with one attached hydrogen (secondary N) is 2. The van der Waals surface area contributed by atoms with Crippen molar-refractivity contribution in [2.45, 2.75) is 24.6 Å². The third kappa shape index (κ3) is 4.17. The summed E-state index contributed by atoms with van der Waals surface area (Å²) in [4.78, 5) is 30.1. The van der Waals surface area contributed by atoms with Gasteiger partial charge in [-0.1, -0.05) is 18.2 Å². The maximum Gasteiger partial charge on any atom is 0.326 e. The molecule has 0 unspecified atom stereocenters. The molecule has 0 atom stereocenters. The lowest BCUT2D eigenvalue weighted by atomic mass is 10.1. The number of H-pyrrole nitrogens is 2. The Morgan fingerprint density at radius 2 is 2.09 bits per heavy atom. The minimum absolute atomic E-state index is 0.0891. The van der Waals surface area contributed by atoms with Gasteiger partial charge in [-0.25, -0.2) is 23.2 Å². The normalized spacial score (nSPS) is 15.7. The van der Waals surface area contributed by atoms with Gasteiger partial charge >= 0.3 is 5.69 Å². The van der Waals surface area contributed by atoms with Crippen molar-refractivity contribution < 1.29 is 13.5 Å². The zero-order valence-corrected chi connectivity index (χ0v) is 17.8. The molecule has 0 amide bonds. The van der Waals surface area contributed by atoms with Gasteiger partial charge in [-0.15, -0.1) is 0 Å². The van der Waals surface area contributed by atoms with Crippen molar-refractivity contribution in [3.8, 4) is 17.3 Å². The van der Waals surface area contributed by atoms with Crippen molar-refractivity contribution in [3.05, 3.63) is 63.0 Å². The van der Waals surface area contributed by atoms with E-state index >= 15 is 0 Å². The first-order valence-corrected chi connectivity index (χ1v) is 11.9. The van der Waals surface area contributed by atoms with Gasteiger partial charge in [0.25, 0.3) is 0 Å². The van der Waals surface area contributed by atoms with E-state index in [1.54, 1.807) is 36.5 Å². The molecule has 1 aromatic carbocycles. The number of imidazole rings is 1. The van der Waals surface area contributed by atoms with E-state index in [-0.39, 0.29) is 23.4 Å². The molecule has 1 aliphatic rings. The van der Waals surface area contributed by atoms with Crippen LogP contribution < -0.4 is 16.5 Å². The van der Waals surface area contributed by atoms with Gasteiger partial charge in [0.15, 0.2) is 21.3 Å². The fourth-order valence-corrected chi connectivity index (χ4v) is 4.10. The Bertz CT molecular complexity index is 1630. The Balaban J connectivity index is 1.72. The summed E-state index contributed by atoms with van der Waals surface area (Å²) in [7, 11) is -3.20. The standard InChI is InChI=1S/C20H19N7O4S/c1-32(30,31)10-11-3-2-4-12(7-11)16-24-17-13(8-15-18(28)26-20(29)23-15)9-21-27(17)19(25-16)22-14-5-6-14/h2-4,7-9,14,28H,5-6,10H2,1H3,(H2,23,26,29). The predicted molar refractivity (Wildman–Crippen MR) is 115 cm³/mol. The molecule has 32 heavy (non-hydrogen) atoms. The number of aromatic nitrogens is 6. The molecule has 1 saturated carbocycles. The minimum Gasteiger partial charge on any atom is -0.493 e. The zero-order chi connectivity index (χ0) is 22.5. The van der Waals surface area contributed by atoms with Gasteiger partial charge in [0.05, 0.1) is 18.0 Å². The monoisotopic (exact) mass is 453 g/mol. The molecule has 1 fully saturated rings. The predicted octanol–water partition coefficient (Wildman–Crippen LogP) is -0.331. The van der Waals surface area contributed by atoms with E-state index in [1.807, 2.05) is 0 Å². The van der Waals surface area contributed by atoms with E-state index in [4.69, 9.17) is 0 Å². The summed E-state index contributed by atoms with van der Waals surface area (Å²) in [6, 6.07) is 7.21. The lowest BCUT2D eigenvalue weighted by molar-refractivity contribution is 0.454. The second-order valence-corrected chi connectivity index (χ2v) is 9.94. The van der Waals surface area contributed by atoms with E-state index in [1.165, 1.54) is 10.8 Å². The van der Waals surface area contributed by atoms with Crippen LogP contribution >= 0.6 is 0 Å². The molecule has 1 aliphatic carbocycles. The second kappa shape index (κ2) is 7.41. The molecule has 0 aliphatic heterocycles. The summed E-state index contributed by atoms with van der Waals surface area (Å²) in [6.45, 7) is 0. The maximum absolute atomic E-state index is 11.7. The molecule has 0 spiro atoms. The first kappa shape index (κ1) is 20.1. The molecule has 0 radical (unpaired) electrons. The van der Waals surface area contributed by atoms with Gasteiger partial charge in [-0.2, -0.15) is 14.6 Å². The number of rotatable bonds is 5. The molecule has 12 heteroatoms. The lowest BCUT2D eigenvalue weighted by Gasteiger charge is -2.05. The molecular weight excluding hydrogens is 434 g/mol. The van der Waals surface area contributed by atoms with Crippen molar-refractivity contribution in [1.29, 1.82) is 0 Å². The summed E-state index contributed by atoms with van der Waals surface area (Å²) in [5.41, 5.74) is 1.75. The van der Waals surface area contributed by atoms with Crippen molar-refractivity contribution in [2.24, 2.45) is 4.99 Å². The van der Waals surface area contributed by atoms with E-state index < -0.39 is 15.5 Å². The largest absolute Gasteiger partial charge is 0.493 e. The number of hydrogen-bond donors (Lipinski definition) is 3. The van der Waals surface area contributed by atoms with Crippen LogP contribution in [0.25, 0.3) is 23.1 Å². The van der Waals surface area contributed by atoms with Gasteiger partial charge in [-0.3, -0.25) is 4.98 Å². The highest BCUT2D eigenvalue weighted by Crippen LogP contribution is 2.22. The first-order valence-electron chi connectivity index (χ1n) is 9.85. The number of benzene rings is 1. The molecule has 3 heterocycles. The number of nitrogens with zero attached hydrogens (tertiary/aromatic N) is 5. The van der Waals surface area contributed by atoms with Crippen LogP contribution in [0.5, 0.6) is 5.88 Å². The summed E-state index contributed by atoms with van der Waals surface area (Å²) >= 11 is 0. The number of aromatic hydroxyl groups is 1. The Kier molecular flexibility index (Phi) is 4.66. The topological polar surface area (TPSA) is 158 Å². The molecule has 5 rings (SSSR count). The third-order valence-corrected chi connectivity index (χ3v) is 5.73. The summed E-state index contributed by atoms with van der Waals surface area (Å²) < 4.78 is 24.9. The second-order valence-electron chi connectivity index (χ2n) is 7.80. The average molecular weight is 453 g/mol. The fraction of sp³-hybridized carbons (Fsp3) is 0.250. The molecule has 4 aromatic rings. The van der Waals surface area contributed by atoms with Crippen LogP contribution in [0.4, 0.5) is 0 Å². The Morgan fingerprint density at radius 3 is 2.78 bits per heavy atom. The Hall–Kier alpha value is -3.80. The van der Waals surface area contributed by atoms with E-state index in [2.05, 4.69) is 30.0 Å².